The lowest BCUT2D eigenvalue weighted by atomic mass is 9.74. The highest BCUT2D eigenvalue weighted by Gasteiger charge is 2.34. The predicted octanol–water partition coefficient (Wildman–Crippen LogP) is 6.11. The topological polar surface area (TPSA) is 9.23 Å². The van der Waals surface area contributed by atoms with E-state index < -0.39 is 0 Å². The van der Waals surface area contributed by atoms with E-state index in [1.807, 2.05) is 12.1 Å². The van der Waals surface area contributed by atoms with Gasteiger partial charge in [-0.15, -0.1) is 0 Å². The van der Waals surface area contributed by atoms with Gasteiger partial charge in [-0.05, 0) is 67.4 Å². The first-order chi connectivity index (χ1) is 10.3. The Labute approximate surface area is 131 Å². The Balaban J connectivity index is 1.81. The smallest absolute Gasteiger partial charge is 0.104 e. The summed E-state index contributed by atoms with van der Waals surface area (Å²) in [6, 6.07) is 8.46. The van der Waals surface area contributed by atoms with E-state index in [0.717, 1.165) is 17.9 Å². The SMILES string of the molecule is Clc1ccc(C2C3=C(CCCC3)OC3=C2CCCC3)cc1. The van der Waals surface area contributed by atoms with Gasteiger partial charge in [0.2, 0.25) is 0 Å². The molecule has 0 saturated heterocycles. The van der Waals surface area contributed by atoms with Crippen LogP contribution in [0.5, 0.6) is 0 Å². The summed E-state index contributed by atoms with van der Waals surface area (Å²) in [6.45, 7) is 0. The summed E-state index contributed by atoms with van der Waals surface area (Å²) in [6.07, 6.45) is 9.78. The summed E-state index contributed by atoms with van der Waals surface area (Å²) in [4.78, 5) is 0. The van der Waals surface area contributed by atoms with Crippen LogP contribution in [0.4, 0.5) is 0 Å². The van der Waals surface area contributed by atoms with Crippen LogP contribution >= 0.6 is 11.6 Å². The maximum absolute atomic E-state index is 6.30. The zero-order chi connectivity index (χ0) is 14.2. The molecule has 1 aromatic carbocycles. The minimum atomic E-state index is 0.460. The Morgan fingerprint density at radius 2 is 1.29 bits per heavy atom. The van der Waals surface area contributed by atoms with Gasteiger partial charge < -0.3 is 4.74 Å². The fraction of sp³-hybridized carbons (Fsp3) is 0.474. The van der Waals surface area contributed by atoms with Crippen LogP contribution in [0, 0.1) is 0 Å². The molecular formula is C19H21ClO. The molecule has 0 aromatic heterocycles. The van der Waals surface area contributed by atoms with E-state index in [4.69, 9.17) is 16.3 Å². The maximum atomic E-state index is 6.30. The Kier molecular flexibility index (Phi) is 3.54. The monoisotopic (exact) mass is 300 g/mol. The number of halogens is 1. The number of hydrogen-bond acceptors (Lipinski definition) is 1. The first kappa shape index (κ1) is 13.5. The zero-order valence-electron chi connectivity index (χ0n) is 12.3. The Morgan fingerprint density at radius 3 is 1.86 bits per heavy atom. The van der Waals surface area contributed by atoms with Gasteiger partial charge in [-0.1, -0.05) is 23.7 Å². The molecule has 0 radical (unpaired) electrons. The molecule has 110 valence electrons. The number of benzene rings is 1. The van der Waals surface area contributed by atoms with E-state index in [0.29, 0.717) is 5.92 Å². The summed E-state index contributed by atoms with van der Waals surface area (Å²) in [5, 5.41) is 0.821. The van der Waals surface area contributed by atoms with Gasteiger partial charge in [-0.3, -0.25) is 0 Å². The molecule has 0 atom stereocenters. The molecule has 21 heavy (non-hydrogen) atoms. The molecule has 1 aromatic rings. The van der Waals surface area contributed by atoms with Crippen molar-refractivity contribution in [1.29, 1.82) is 0 Å². The van der Waals surface area contributed by atoms with E-state index in [9.17, 15) is 0 Å². The van der Waals surface area contributed by atoms with Gasteiger partial charge in [-0.25, -0.2) is 0 Å². The van der Waals surface area contributed by atoms with Crippen molar-refractivity contribution in [2.24, 2.45) is 0 Å². The normalized spacial score (nSPS) is 22.7. The van der Waals surface area contributed by atoms with Crippen molar-refractivity contribution in [2.75, 3.05) is 0 Å². The Morgan fingerprint density at radius 1 is 0.762 bits per heavy atom. The molecule has 0 saturated carbocycles. The molecule has 0 amide bonds. The largest absolute Gasteiger partial charge is 0.466 e. The number of hydrogen-bond donors (Lipinski definition) is 0. The molecule has 2 aliphatic carbocycles. The fourth-order valence-electron chi connectivity index (χ4n) is 4.06. The molecule has 0 fully saturated rings. The molecule has 1 heterocycles. The van der Waals surface area contributed by atoms with Crippen molar-refractivity contribution in [3.63, 3.8) is 0 Å². The van der Waals surface area contributed by atoms with Crippen molar-refractivity contribution >= 4 is 11.6 Å². The Bertz CT molecular complexity index is 577. The van der Waals surface area contributed by atoms with Gasteiger partial charge in [0.1, 0.15) is 11.5 Å². The van der Waals surface area contributed by atoms with Crippen LogP contribution in [-0.4, -0.2) is 0 Å². The highest BCUT2D eigenvalue weighted by Crippen LogP contribution is 2.49. The lowest BCUT2D eigenvalue weighted by Crippen LogP contribution is -2.21. The quantitative estimate of drug-likeness (QED) is 0.608. The van der Waals surface area contributed by atoms with Crippen molar-refractivity contribution in [1.82, 2.24) is 0 Å². The fourth-order valence-corrected chi connectivity index (χ4v) is 4.19. The standard InChI is InChI=1S/C19H21ClO/c20-14-11-9-13(10-12-14)19-15-5-1-3-7-17(15)21-18-8-4-2-6-16(18)19/h9-12,19H,1-8H2. The van der Waals surface area contributed by atoms with Gasteiger partial charge in [0.05, 0.1) is 0 Å². The second-order valence-corrected chi connectivity index (χ2v) is 6.83. The first-order valence-corrected chi connectivity index (χ1v) is 8.58. The molecule has 1 nitrogen and oxygen atoms in total. The van der Waals surface area contributed by atoms with Crippen molar-refractivity contribution in [2.45, 2.75) is 57.3 Å². The summed E-state index contributed by atoms with van der Waals surface area (Å²) in [5.74, 6) is 3.02. The molecule has 0 bridgehead atoms. The van der Waals surface area contributed by atoms with Gasteiger partial charge >= 0.3 is 0 Å². The highest BCUT2D eigenvalue weighted by molar-refractivity contribution is 6.30. The molecule has 0 spiro atoms. The number of allylic oxidation sites excluding steroid dienone is 4. The maximum Gasteiger partial charge on any atom is 0.104 e. The van der Waals surface area contributed by atoms with Crippen LogP contribution in [0.15, 0.2) is 46.9 Å². The van der Waals surface area contributed by atoms with Crippen LogP contribution in [0.3, 0.4) is 0 Å². The summed E-state index contributed by atoms with van der Waals surface area (Å²) >= 11 is 6.08. The summed E-state index contributed by atoms with van der Waals surface area (Å²) < 4.78 is 6.30. The molecule has 4 rings (SSSR count). The molecule has 1 aliphatic heterocycles. The average Bonchev–Trinajstić information content (AvgIpc) is 2.53. The van der Waals surface area contributed by atoms with E-state index in [1.54, 1.807) is 11.1 Å². The second-order valence-electron chi connectivity index (χ2n) is 6.40. The molecule has 2 heteroatoms. The van der Waals surface area contributed by atoms with Gasteiger partial charge in [0.25, 0.3) is 0 Å². The molecule has 0 unspecified atom stereocenters. The third kappa shape index (κ3) is 2.42. The van der Waals surface area contributed by atoms with E-state index >= 15 is 0 Å². The van der Waals surface area contributed by atoms with Crippen molar-refractivity contribution in [3.8, 4) is 0 Å². The number of ether oxygens (including phenoxy) is 1. The van der Waals surface area contributed by atoms with Crippen LogP contribution in [0.25, 0.3) is 0 Å². The lowest BCUT2D eigenvalue weighted by Gasteiger charge is -2.37. The van der Waals surface area contributed by atoms with Crippen molar-refractivity contribution in [3.05, 3.63) is 57.5 Å². The molecule has 3 aliphatic rings. The average molecular weight is 301 g/mol. The zero-order valence-corrected chi connectivity index (χ0v) is 13.1. The summed E-state index contributed by atoms with van der Waals surface area (Å²) in [5.41, 5.74) is 4.49. The van der Waals surface area contributed by atoms with E-state index in [2.05, 4.69) is 12.1 Å². The van der Waals surface area contributed by atoms with Crippen LogP contribution in [0.1, 0.15) is 62.8 Å². The van der Waals surface area contributed by atoms with E-state index in [1.165, 1.54) is 55.6 Å². The van der Waals surface area contributed by atoms with Crippen LogP contribution in [0.2, 0.25) is 5.02 Å². The third-order valence-corrected chi connectivity index (χ3v) is 5.31. The van der Waals surface area contributed by atoms with Gasteiger partial charge in [-0.2, -0.15) is 0 Å². The van der Waals surface area contributed by atoms with Crippen molar-refractivity contribution < 1.29 is 4.74 Å². The van der Waals surface area contributed by atoms with E-state index in [-0.39, 0.29) is 0 Å². The molecular weight excluding hydrogens is 280 g/mol. The summed E-state index contributed by atoms with van der Waals surface area (Å²) in [7, 11) is 0. The van der Waals surface area contributed by atoms with Gasteiger partial charge in [0.15, 0.2) is 0 Å². The third-order valence-electron chi connectivity index (χ3n) is 5.06. The number of rotatable bonds is 1. The van der Waals surface area contributed by atoms with Crippen LogP contribution < -0.4 is 0 Å². The second kappa shape index (κ2) is 5.53. The first-order valence-electron chi connectivity index (χ1n) is 8.20. The minimum Gasteiger partial charge on any atom is -0.466 e. The minimum absolute atomic E-state index is 0.460. The Hall–Kier alpha value is -1.21. The lowest BCUT2D eigenvalue weighted by molar-refractivity contribution is 0.228. The van der Waals surface area contributed by atoms with Gasteiger partial charge in [0, 0.05) is 23.8 Å². The molecule has 0 N–H and O–H groups in total. The predicted molar refractivity (Wildman–Crippen MR) is 86.3 cm³/mol. The highest BCUT2D eigenvalue weighted by atomic mass is 35.5. The van der Waals surface area contributed by atoms with Crippen LogP contribution in [-0.2, 0) is 4.74 Å².